The number of likely N-dealkylation sites (tertiary alicyclic amines) is 1. The predicted octanol–water partition coefficient (Wildman–Crippen LogP) is 4.41. The summed E-state index contributed by atoms with van der Waals surface area (Å²) in [7, 11) is 0. The predicted molar refractivity (Wildman–Crippen MR) is 131 cm³/mol. The first-order chi connectivity index (χ1) is 17.0. The van der Waals surface area contributed by atoms with Gasteiger partial charge in [0.1, 0.15) is 12.6 Å². The summed E-state index contributed by atoms with van der Waals surface area (Å²) in [6.07, 6.45) is 2.94. The fourth-order valence-electron chi connectivity index (χ4n) is 6.31. The van der Waals surface area contributed by atoms with E-state index in [1.807, 2.05) is 31.2 Å². The molecule has 0 radical (unpaired) electrons. The first-order valence-corrected chi connectivity index (χ1v) is 12.6. The van der Waals surface area contributed by atoms with Crippen LogP contribution >= 0.6 is 0 Å². The Morgan fingerprint density at radius 3 is 2.34 bits per heavy atom. The minimum Gasteiger partial charge on any atom is -0.480 e. The molecule has 1 saturated carbocycles. The summed E-state index contributed by atoms with van der Waals surface area (Å²) < 4.78 is 5.63. The van der Waals surface area contributed by atoms with Gasteiger partial charge in [-0.25, -0.2) is 9.59 Å². The van der Waals surface area contributed by atoms with Crippen molar-refractivity contribution >= 4 is 18.0 Å². The Morgan fingerprint density at radius 2 is 1.71 bits per heavy atom. The van der Waals surface area contributed by atoms with Crippen molar-refractivity contribution in [3.8, 4) is 11.1 Å². The Labute approximate surface area is 205 Å². The van der Waals surface area contributed by atoms with Gasteiger partial charge in [0, 0.05) is 24.9 Å². The average molecular weight is 477 g/mol. The summed E-state index contributed by atoms with van der Waals surface area (Å²) in [5.41, 5.74) is 4.61. The molecule has 2 aromatic carbocycles. The molecule has 7 heteroatoms. The number of benzene rings is 2. The third-order valence-corrected chi connectivity index (χ3v) is 8.04. The second-order valence-corrected chi connectivity index (χ2v) is 9.96. The van der Waals surface area contributed by atoms with Gasteiger partial charge < -0.3 is 20.1 Å². The summed E-state index contributed by atoms with van der Waals surface area (Å²) in [6.45, 7) is 2.61. The van der Waals surface area contributed by atoms with Crippen molar-refractivity contribution in [1.82, 2.24) is 10.2 Å². The molecule has 1 saturated heterocycles. The zero-order valence-electron chi connectivity index (χ0n) is 20.0. The number of carboxylic acids is 1. The van der Waals surface area contributed by atoms with E-state index in [4.69, 9.17) is 4.74 Å². The number of aliphatic carboxylic acids is 1. The zero-order chi connectivity index (χ0) is 24.5. The molecule has 1 aliphatic heterocycles. The van der Waals surface area contributed by atoms with Crippen LogP contribution < -0.4 is 5.32 Å². The van der Waals surface area contributed by atoms with Crippen molar-refractivity contribution in [3.63, 3.8) is 0 Å². The molecule has 5 rings (SSSR count). The summed E-state index contributed by atoms with van der Waals surface area (Å²) >= 11 is 0. The molecule has 2 N–H and O–H groups in total. The molecule has 4 atom stereocenters. The van der Waals surface area contributed by atoms with E-state index < -0.39 is 24.1 Å². The van der Waals surface area contributed by atoms with Crippen LogP contribution in [0.1, 0.15) is 56.1 Å². The summed E-state index contributed by atoms with van der Waals surface area (Å²) in [4.78, 5) is 39.2. The molecule has 0 aromatic heterocycles. The van der Waals surface area contributed by atoms with Gasteiger partial charge in [-0.2, -0.15) is 0 Å². The van der Waals surface area contributed by atoms with E-state index in [0.717, 1.165) is 41.5 Å². The normalized spacial score (nSPS) is 23.3. The lowest BCUT2D eigenvalue weighted by molar-refractivity contribution is -0.149. The number of hydrogen-bond donors (Lipinski definition) is 2. The number of alkyl carbamates (subject to hydrolysis) is 1. The van der Waals surface area contributed by atoms with Gasteiger partial charge in [0.2, 0.25) is 5.91 Å². The van der Waals surface area contributed by atoms with Crippen LogP contribution in [0, 0.1) is 11.8 Å². The highest BCUT2D eigenvalue weighted by Gasteiger charge is 2.49. The van der Waals surface area contributed by atoms with E-state index in [1.165, 1.54) is 4.90 Å². The number of carboxylic acid groups (broad SMARTS) is 1. The second kappa shape index (κ2) is 9.72. The number of fused-ring (bicyclic) bond motifs is 4. The lowest BCUT2D eigenvalue weighted by Crippen LogP contribution is -2.46. The van der Waals surface area contributed by atoms with Crippen LogP contribution in [0.15, 0.2) is 48.5 Å². The van der Waals surface area contributed by atoms with E-state index in [9.17, 15) is 19.5 Å². The lowest BCUT2D eigenvalue weighted by Gasteiger charge is -2.26. The molecule has 3 aliphatic rings. The van der Waals surface area contributed by atoms with Crippen LogP contribution in [0.5, 0.6) is 0 Å². The minimum atomic E-state index is -0.926. The fraction of sp³-hybridized carbons (Fsp3) is 0.464. The molecule has 1 heterocycles. The summed E-state index contributed by atoms with van der Waals surface area (Å²) in [5, 5.41) is 12.6. The first-order valence-electron chi connectivity index (χ1n) is 12.6. The maximum absolute atomic E-state index is 13.1. The third-order valence-electron chi connectivity index (χ3n) is 8.04. The van der Waals surface area contributed by atoms with Crippen LogP contribution in [0.2, 0.25) is 0 Å². The van der Waals surface area contributed by atoms with Crippen molar-refractivity contribution < 1.29 is 24.2 Å². The van der Waals surface area contributed by atoms with E-state index in [2.05, 4.69) is 29.6 Å². The van der Waals surface area contributed by atoms with Crippen molar-refractivity contribution in [3.05, 3.63) is 59.7 Å². The molecule has 184 valence electrons. The van der Waals surface area contributed by atoms with Gasteiger partial charge in [-0.15, -0.1) is 0 Å². The van der Waals surface area contributed by atoms with Crippen LogP contribution in [-0.4, -0.2) is 53.2 Å². The van der Waals surface area contributed by atoms with Gasteiger partial charge in [-0.1, -0.05) is 61.9 Å². The van der Waals surface area contributed by atoms with Gasteiger partial charge in [0.05, 0.1) is 0 Å². The highest BCUT2D eigenvalue weighted by atomic mass is 16.5. The molecular formula is C28H32N2O5. The van der Waals surface area contributed by atoms with Crippen molar-refractivity contribution in [2.24, 2.45) is 11.8 Å². The van der Waals surface area contributed by atoms with Crippen molar-refractivity contribution in [1.29, 1.82) is 0 Å². The minimum absolute atomic E-state index is 0.0322. The maximum atomic E-state index is 13.1. The van der Waals surface area contributed by atoms with Crippen molar-refractivity contribution in [2.75, 3.05) is 13.2 Å². The van der Waals surface area contributed by atoms with Gasteiger partial charge in [0.25, 0.3) is 0 Å². The molecule has 35 heavy (non-hydrogen) atoms. The van der Waals surface area contributed by atoms with E-state index >= 15 is 0 Å². The maximum Gasteiger partial charge on any atom is 0.407 e. The Balaban J connectivity index is 1.19. The van der Waals surface area contributed by atoms with Crippen LogP contribution in [0.25, 0.3) is 11.1 Å². The largest absolute Gasteiger partial charge is 0.480 e. The highest BCUT2D eigenvalue weighted by Crippen LogP contribution is 2.45. The molecule has 2 aromatic rings. The zero-order valence-corrected chi connectivity index (χ0v) is 20.0. The highest BCUT2D eigenvalue weighted by molar-refractivity contribution is 5.85. The van der Waals surface area contributed by atoms with Gasteiger partial charge in [-0.3, -0.25) is 4.79 Å². The Morgan fingerprint density at radius 1 is 1.06 bits per heavy atom. The van der Waals surface area contributed by atoms with Gasteiger partial charge in [0.15, 0.2) is 0 Å². The first kappa shape index (κ1) is 23.4. The van der Waals surface area contributed by atoms with E-state index in [1.54, 1.807) is 0 Å². The lowest BCUT2D eigenvalue weighted by atomic mass is 9.94. The van der Waals surface area contributed by atoms with Crippen LogP contribution in [-0.2, 0) is 14.3 Å². The molecule has 2 amide bonds. The number of nitrogens with zero attached hydrogens (tertiary/aromatic N) is 1. The standard InChI is InChI=1S/C28H32N2O5/c1-2-18(14-25(31)30-15-17-8-7-13-19(17)26(30)27(32)33)29-28(34)35-16-24-22-11-5-3-9-20(22)21-10-4-6-12-23(21)24/h3-6,9-12,17-19,24,26H,2,7-8,13-16H2,1H3,(H,29,34)(H,32,33)/t17?,18-,19?,26?/m0/s1. The fourth-order valence-corrected chi connectivity index (χ4v) is 6.31. The number of carbonyl (C=O) groups is 3. The molecular weight excluding hydrogens is 444 g/mol. The number of ether oxygens (including phenoxy) is 1. The van der Waals surface area contributed by atoms with Gasteiger partial charge in [-0.05, 0) is 53.4 Å². The summed E-state index contributed by atoms with van der Waals surface area (Å²) in [6, 6.07) is 15.2. The molecule has 2 aliphatic carbocycles. The second-order valence-electron chi connectivity index (χ2n) is 9.96. The SMILES string of the molecule is CC[C@@H](CC(=O)N1CC2CCCC2C1C(=O)O)NC(=O)OCC1c2ccccc2-c2ccccc21. The van der Waals surface area contributed by atoms with Crippen LogP contribution in [0.3, 0.4) is 0 Å². The summed E-state index contributed by atoms with van der Waals surface area (Å²) in [5.74, 6) is -0.847. The van der Waals surface area contributed by atoms with E-state index in [-0.39, 0.29) is 36.7 Å². The quantitative estimate of drug-likeness (QED) is 0.617. The molecule has 2 fully saturated rings. The van der Waals surface area contributed by atoms with E-state index in [0.29, 0.717) is 13.0 Å². The Kier molecular flexibility index (Phi) is 6.50. The Hall–Kier alpha value is -3.35. The molecule has 0 bridgehead atoms. The number of hydrogen-bond acceptors (Lipinski definition) is 4. The molecule has 3 unspecified atom stereocenters. The monoisotopic (exact) mass is 476 g/mol. The number of rotatable bonds is 7. The van der Waals surface area contributed by atoms with Gasteiger partial charge >= 0.3 is 12.1 Å². The number of amides is 2. The molecule has 0 spiro atoms. The number of carbonyl (C=O) groups excluding carboxylic acids is 2. The Bertz CT molecular complexity index is 1090. The number of nitrogens with one attached hydrogen (secondary N) is 1. The van der Waals surface area contributed by atoms with Crippen molar-refractivity contribution in [2.45, 2.75) is 57.0 Å². The average Bonchev–Trinajstić information content (AvgIpc) is 3.53. The molecule has 7 nitrogen and oxygen atoms in total. The topological polar surface area (TPSA) is 95.9 Å². The van der Waals surface area contributed by atoms with Crippen LogP contribution in [0.4, 0.5) is 4.79 Å². The third kappa shape index (κ3) is 4.40. The smallest absolute Gasteiger partial charge is 0.407 e.